The summed E-state index contributed by atoms with van der Waals surface area (Å²) in [6.45, 7) is 6.22. The maximum Gasteiger partial charge on any atom is 0.234 e. The number of rotatable bonds is 6. The van der Waals surface area contributed by atoms with Gasteiger partial charge in [-0.25, -0.2) is 0 Å². The number of amides is 1. The van der Waals surface area contributed by atoms with Gasteiger partial charge in [0.1, 0.15) is 13.2 Å². The van der Waals surface area contributed by atoms with Crippen molar-refractivity contribution in [1.82, 2.24) is 10.6 Å². The molecular weight excluding hydrogens is 256 g/mol. The first-order valence-corrected chi connectivity index (χ1v) is 7.04. The predicted octanol–water partition coefficient (Wildman–Crippen LogP) is 1.11. The Morgan fingerprint density at radius 1 is 1.25 bits per heavy atom. The van der Waals surface area contributed by atoms with E-state index in [0.717, 1.165) is 24.5 Å². The molecule has 1 amide bonds. The first-order chi connectivity index (χ1) is 9.65. The SMILES string of the molecule is CC(C)NC(=O)CNCCc1ccc2c(c1)OCCO2. The predicted molar refractivity (Wildman–Crippen MR) is 77.3 cm³/mol. The molecule has 0 unspecified atom stereocenters. The van der Waals surface area contributed by atoms with Crippen LogP contribution in [0, 0.1) is 0 Å². The lowest BCUT2D eigenvalue weighted by molar-refractivity contribution is -0.120. The second kappa shape index (κ2) is 7.14. The van der Waals surface area contributed by atoms with Gasteiger partial charge in [-0.2, -0.15) is 0 Å². The van der Waals surface area contributed by atoms with E-state index in [1.54, 1.807) is 0 Å². The van der Waals surface area contributed by atoms with E-state index in [4.69, 9.17) is 9.47 Å². The number of hydrogen-bond donors (Lipinski definition) is 2. The van der Waals surface area contributed by atoms with Crippen LogP contribution < -0.4 is 20.1 Å². The molecule has 5 nitrogen and oxygen atoms in total. The average molecular weight is 278 g/mol. The summed E-state index contributed by atoms with van der Waals surface area (Å²) in [5.74, 6) is 1.65. The standard InChI is InChI=1S/C15H22N2O3/c1-11(2)17-15(18)10-16-6-5-12-3-4-13-14(9-12)20-8-7-19-13/h3-4,9,11,16H,5-8,10H2,1-2H3,(H,17,18). The topological polar surface area (TPSA) is 59.6 Å². The molecule has 5 heteroatoms. The normalized spacial score (nSPS) is 13.3. The summed E-state index contributed by atoms with van der Waals surface area (Å²) in [6, 6.07) is 6.16. The third kappa shape index (κ3) is 4.42. The number of fused-ring (bicyclic) bond motifs is 1. The summed E-state index contributed by atoms with van der Waals surface area (Å²) in [7, 11) is 0. The van der Waals surface area contributed by atoms with Crippen LogP contribution in [0.5, 0.6) is 11.5 Å². The van der Waals surface area contributed by atoms with Gasteiger partial charge in [-0.3, -0.25) is 4.79 Å². The van der Waals surface area contributed by atoms with Crippen molar-refractivity contribution in [3.63, 3.8) is 0 Å². The molecule has 1 aromatic carbocycles. The second-order valence-corrected chi connectivity index (χ2v) is 5.13. The van der Waals surface area contributed by atoms with Crippen molar-refractivity contribution in [2.45, 2.75) is 26.3 Å². The van der Waals surface area contributed by atoms with Crippen LogP contribution in [0.1, 0.15) is 19.4 Å². The Bertz CT molecular complexity index is 460. The molecule has 0 spiro atoms. The third-order valence-corrected chi connectivity index (χ3v) is 2.93. The van der Waals surface area contributed by atoms with Crippen LogP contribution in [0.3, 0.4) is 0 Å². The number of benzene rings is 1. The highest BCUT2D eigenvalue weighted by molar-refractivity contribution is 5.78. The first-order valence-electron chi connectivity index (χ1n) is 7.04. The van der Waals surface area contributed by atoms with Crippen LogP contribution in [0.4, 0.5) is 0 Å². The molecule has 110 valence electrons. The fraction of sp³-hybridized carbons (Fsp3) is 0.533. The van der Waals surface area contributed by atoms with Gasteiger partial charge in [0, 0.05) is 6.04 Å². The van der Waals surface area contributed by atoms with Crippen LogP contribution in [-0.2, 0) is 11.2 Å². The number of hydrogen-bond acceptors (Lipinski definition) is 4. The molecule has 1 aliphatic rings. The maximum atomic E-state index is 11.4. The van der Waals surface area contributed by atoms with Gasteiger partial charge in [0.15, 0.2) is 11.5 Å². The molecule has 0 bridgehead atoms. The molecule has 2 N–H and O–H groups in total. The van der Waals surface area contributed by atoms with E-state index >= 15 is 0 Å². The van der Waals surface area contributed by atoms with Crippen molar-refractivity contribution in [2.75, 3.05) is 26.3 Å². The Morgan fingerprint density at radius 3 is 2.75 bits per heavy atom. The molecule has 0 saturated heterocycles. The van der Waals surface area contributed by atoms with Crippen molar-refractivity contribution < 1.29 is 14.3 Å². The van der Waals surface area contributed by atoms with Crippen molar-refractivity contribution in [3.05, 3.63) is 23.8 Å². The fourth-order valence-electron chi connectivity index (χ4n) is 2.05. The Morgan fingerprint density at radius 2 is 2.00 bits per heavy atom. The fourth-order valence-corrected chi connectivity index (χ4v) is 2.05. The van der Waals surface area contributed by atoms with Crippen LogP contribution in [-0.4, -0.2) is 38.3 Å². The van der Waals surface area contributed by atoms with Crippen molar-refractivity contribution >= 4 is 5.91 Å². The zero-order valence-corrected chi connectivity index (χ0v) is 12.1. The molecule has 1 aromatic rings. The van der Waals surface area contributed by atoms with E-state index in [1.807, 2.05) is 32.0 Å². The molecule has 0 aliphatic carbocycles. The van der Waals surface area contributed by atoms with E-state index in [2.05, 4.69) is 10.6 Å². The minimum atomic E-state index is 0.0298. The first kappa shape index (κ1) is 14.7. The lowest BCUT2D eigenvalue weighted by Crippen LogP contribution is -2.38. The van der Waals surface area contributed by atoms with Gasteiger partial charge >= 0.3 is 0 Å². The monoisotopic (exact) mass is 278 g/mol. The highest BCUT2D eigenvalue weighted by Gasteiger charge is 2.11. The van der Waals surface area contributed by atoms with E-state index in [1.165, 1.54) is 5.56 Å². The van der Waals surface area contributed by atoms with Gasteiger partial charge in [-0.05, 0) is 44.5 Å². The number of carbonyl (C=O) groups excluding carboxylic acids is 1. The van der Waals surface area contributed by atoms with Gasteiger partial charge in [0.05, 0.1) is 6.54 Å². The minimum Gasteiger partial charge on any atom is -0.486 e. The van der Waals surface area contributed by atoms with Crippen molar-refractivity contribution in [1.29, 1.82) is 0 Å². The molecule has 0 atom stereocenters. The van der Waals surface area contributed by atoms with E-state index < -0.39 is 0 Å². The highest BCUT2D eigenvalue weighted by Crippen LogP contribution is 2.30. The van der Waals surface area contributed by atoms with Gasteiger partial charge in [-0.15, -0.1) is 0 Å². The number of carbonyl (C=O) groups is 1. The van der Waals surface area contributed by atoms with E-state index in [9.17, 15) is 4.79 Å². The number of ether oxygens (including phenoxy) is 2. The van der Waals surface area contributed by atoms with Gasteiger partial charge < -0.3 is 20.1 Å². The van der Waals surface area contributed by atoms with Crippen LogP contribution in [0.15, 0.2) is 18.2 Å². The molecule has 2 rings (SSSR count). The Kier molecular flexibility index (Phi) is 5.24. The van der Waals surface area contributed by atoms with Gasteiger partial charge in [0.2, 0.25) is 5.91 Å². The minimum absolute atomic E-state index is 0.0298. The zero-order chi connectivity index (χ0) is 14.4. The Labute approximate surface area is 119 Å². The van der Waals surface area contributed by atoms with Gasteiger partial charge in [-0.1, -0.05) is 6.07 Å². The molecule has 0 saturated carbocycles. The maximum absolute atomic E-state index is 11.4. The second-order valence-electron chi connectivity index (χ2n) is 5.13. The average Bonchev–Trinajstić information content (AvgIpc) is 2.43. The summed E-state index contributed by atoms with van der Waals surface area (Å²) in [5, 5.41) is 5.98. The molecule has 0 radical (unpaired) electrons. The van der Waals surface area contributed by atoms with E-state index in [0.29, 0.717) is 19.8 Å². The van der Waals surface area contributed by atoms with Gasteiger partial charge in [0.25, 0.3) is 0 Å². The third-order valence-electron chi connectivity index (χ3n) is 2.93. The molecule has 0 aromatic heterocycles. The zero-order valence-electron chi connectivity index (χ0n) is 12.1. The lowest BCUT2D eigenvalue weighted by atomic mass is 10.1. The molecule has 1 heterocycles. The lowest BCUT2D eigenvalue weighted by Gasteiger charge is -2.18. The number of nitrogens with one attached hydrogen (secondary N) is 2. The quantitative estimate of drug-likeness (QED) is 0.765. The van der Waals surface area contributed by atoms with Crippen LogP contribution in [0.2, 0.25) is 0 Å². The van der Waals surface area contributed by atoms with Crippen LogP contribution in [0.25, 0.3) is 0 Å². The summed E-state index contributed by atoms with van der Waals surface area (Å²) >= 11 is 0. The molecular formula is C15H22N2O3. The van der Waals surface area contributed by atoms with Crippen LogP contribution >= 0.6 is 0 Å². The molecule has 20 heavy (non-hydrogen) atoms. The van der Waals surface area contributed by atoms with Crippen molar-refractivity contribution in [3.8, 4) is 11.5 Å². The largest absolute Gasteiger partial charge is 0.486 e. The van der Waals surface area contributed by atoms with E-state index in [-0.39, 0.29) is 11.9 Å². The molecule has 0 fully saturated rings. The Balaban J connectivity index is 1.73. The summed E-state index contributed by atoms with van der Waals surface area (Å²) in [5.41, 5.74) is 1.17. The smallest absolute Gasteiger partial charge is 0.234 e. The Hall–Kier alpha value is -1.75. The highest BCUT2D eigenvalue weighted by atomic mass is 16.6. The summed E-state index contributed by atoms with van der Waals surface area (Å²) in [4.78, 5) is 11.4. The molecule has 1 aliphatic heterocycles. The van der Waals surface area contributed by atoms with Crippen molar-refractivity contribution in [2.24, 2.45) is 0 Å². The summed E-state index contributed by atoms with van der Waals surface area (Å²) in [6.07, 6.45) is 0.853. The summed E-state index contributed by atoms with van der Waals surface area (Å²) < 4.78 is 11.0.